The van der Waals surface area contributed by atoms with E-state index in [1.807, 2.05) is 26.1 Å². The van der Waals surface area contributed by atoms with Crippen LogP contribution in [0.15, 0.2) is 34.6 Å². The first-order valence-corrected chi connectivity index (χ1v) is 9.57. The number of benzene rings is 1. The van der Waals surface area contributed by atoms with E-state index in [4.69, 9.17) is 4.99 Å². The molecule has 25 heavy (non-hydrogen) atoms. The number of rotatable bonds is 6. The summed E-state index contributed by atoms with van der Waals surface area (Å²) in [4.78, 5) is 11.4. The molecule has 1 aromatic carbocycles. The fourth-order valence-electron chi connectivity index (χ4n) is 3.05. The fraction of sp³-hybridized carbons (Fsp3) is 0.474. The van der Waals surface area contributed by atoms with E-state index in [9.17, 15) is 4.39 Å². The summed E-state index contributed by atoms with van der Waals surface area (Å²) in [5.74, 6) is 0.724. The molecule has 0 saturated heterocycles. The van der Waals surface area contributed by atoms with E-state index in [1.54, 1.807) is 23.5 Å². The summed E-state index contributed by atoms with van der Waals surface area (Å²) >= 11 is 1.66. The van der Waals surface area contributed by atoms with E-state index in [2.05, 4.69) is 27.5 Å². The van der Waals surface area contributed by atoms with Crippen molar-refractivity contribution in [3.8, 4) is 0 Å². The van der Waals surface area contributed by atoms with Crippen molar-refractivity contribution in [1.29, 1.82) is 0 Å². The molecule has 1 aromatic heterocycles. The van der Waals surface area contributed by atoms with Crippen LogP contribution in [-0.2, 0) is 12.0 Å². The van der Waals surface area contributed by atoms with Crippen molar-refractivity contribution >= 4 is 17.3 Å². The Balaban J connectivity index is 1.73. The van der Waals surface area contributed by atoms with E-state index in [1.165, 1.54) is 0 Å². The van der Waals surface area contributed by atoms with Gasteiger partial charge in [-0.2, -0.15) is 0 Å². The van der Waals surface area contributed by atoms with Gasteiger partial charge in [-0.1, -0.05) is 18.2 Å². The Labute approximate surface area is 152 Å². The van der Waals surface area contributed by atoms with Crippen LogP contribution < -0.4 is 5.32 Å². The number of hydrogen-bond acceptors (Lipinski definition) is 3. The first kappa shape index (κ1) is 17.9. The zero-order valence-corrected chi connectivity index (χ0v) is 15.9. The maximum atomic E-state index is 14.2. The monoisotopic (exact) mass is 360 g/mol. The summed E-state index contributed by atoms with van der Waals surface area (Å²) < 4.78 is 14.2. The molecule has 0 spiro atoms. The number of guanidine groups is 1. The van der Waals surface area contributed by atoms with Crippen LogP contribution in [-0.4, -0.2) is 36.0 Å². The quantitative estimate of drug-likeness (QED) is 0.630. The van der Waals surface area contributed by atoms with Gasteiger partial charge in [0.05, 0.1) is 23.8 Å². The van der Waals surface area contributed by atoms with E-state index in [0.717, 1.165) is 41.6 Å². The minimum absolute atomic E-state index is 0.119. The second kappa shape index (κ2) is 7.52. The third kappa shape index (κ3) is 4.18. The highest BCUT2D eigenvalue weighted by Gasteiger charge is 2.45. The van der Waals surface area contributed by atoms with Gasteiger partial charge in [0.15, 0.2) is 5.96 Å². The largest absolute Gasteiger partial charge is 0.357 e. The van der Waals surface area contributed by atoms with Gasteiger partial charge in [0, 0.05) is 24.4 Å². The van der Waals surface area contributed by atoms with Crippen LogP contribution in [0.1, 0.15) is 36.0 Å². The first-order valence-electron chi connectivity index (χ1n) is 8.69. The number of halogens is 1. The molecular weight excluding hydrogens is 335 g/mol. The average Bonchev–Trinajstić information content (AvgIpc) is 3.27. The minimum atomic E-state index is -0.135. The predicted octanol–water partition coefficient (Wildman–Crippen LogP) is 3.72. The Hall–Kier alpha value is -1.95. The van der Waals surface area contributed by atoms with Crippen LogP contribution in [0.3, 0.4) is 0 Å². The summed E-state index contributed by atoms with van der Waals surface area (Å²) in [5.41, 5.74) is 1.71. The summed E-state index contributed by atoms with van der Waals surface area (Å²) in [6.45, 7) is 6.18. The number of thiazole rings is 1. The van der Waals surface area contributed by atoms with Crippen molar-refractivity contribution in [3.63, 3.8) is 0 Å². The highest BCUT2D eigenvalue weighted by atomic mass is 32.1. The Kier molecular flexibility index (Phi) is 5.37. The third-order valence-electron chi connectivity index (χ3n) is 4.59. The molecule has 1 N–H and O–H groups in total. The van der Waals surface area contributed by atoms with E-state index in [-0.39, 0.29) is 11.2 Å². The maximum absolute atomic E-state index is 14.2. The molecule has 1 aliphatic rings. The lowest BCUT2D eigenvalue weighted by Gasteiger charge is -2.22. The lowest BCUT2D eigenvalue weighted by molar-refractivity contribution is 0.468. The highest BCUT2D eigenvalue weighted by molar-refractivity contribution is 7.09. The highest BCUT2D eigenvalue weighted by Crippen LogP contribution is 2.49. The van der Waals surface area contributed by atoms with Crippen LogP contribution in [0.5, 0.6) is 0 Å². The molecule has 3 rings (SSSR count). The molecule has 0 radical (unpaired) electrons. The second-order valence-electron chi connectivity index (χ2n) is 6.64. The molecule has 0 atom stereocenters. The van der Waals surface area contributed by atoms with Gasteiger partial charge in [0.25, 0.3) is 0 Å². The zero-order valence-electron chi connectivity index (χ0n) is 15.1. The summed E-state index contributed by atoms with van der Waals surface area (Å²) in [5, 5.41) is 6.49. The molecule has 1 saturated carbocycles. The number of aryl methyl sites for hydroxylation is 1. The van der Waals surface area contributed by atoms with Crippen molar-refractivity contribution in [2.24, 2.45) is 4.99 Å². The molecule has 1 aliphatic carbocycles. The molecule has 0 amide bonds. The van der Waals surface area contributed by atoms with Gasteiger partial charge in [-0.3, -0.25) is 4.99 Å². The van der Waals surface area contributed by atoms with Crippen molar-refractivity contribution in [2.45, 2.75) is 38.6 Å². The van der Waals surface area contributed by atoms with Crippen molar-refractivity contribution < 1.29 is 4.39 Å². The van der Waals surface area contributed by atoms with Crippen LogP contribution in [0, 0.1) is 12.7 Å². The normalized spacial score (nSPS) is 15.9. The average molecular weight is 361 g/mol. The van der Waals surface area contributed by atoms with Crippen molar-refractivity contribution in [1.82, 2.24) is 15.2 Å². The van der Waals surface area contributed by atoms with Crippen LogP contribution in [0.2, 0.25) is 0 Å². The topological polar surface area (TPSA) is 40.5 Å². The predicted molar refractivity (Wildman–Crippen MR) is 102 cm³/mol. The Morgan fingerprint density at radius 3 is 2.76 bits per heavy atom. The molecule has 2 aromatic rings. The molecule has 6 heteroatoms. The molecular formula is C19H25FN4S. The smallest absolute Gasteiger partial charge is 0.194 e. The standard InChI is InChI=1S/C19H25FN4S/c1-4-21-18(24(3)11-15-12-25-14(2)23-15)22-13-19(9-10-19)16-7-5-6-8-17(16)20/h5-8,12H,4,9-11,13H2,1-3H3,(H,21,22). The molecule has 0 unspecified atom stereocenters. The molecule has 134 valence electrons. The summed E-state index contributed by atoms with van der Waals surface area (Å²) in [6, 6.07) is 7.09. The van der Waals surface area contributed by atoms with Gasteiger partial charge in [-0.25, -0.2) is 9.37 Å². The van der Waals surface area contributed by atoms with Crippen molar-refractivity contribution in [2.75, 3.05) is 20.1 Å². The number of aliphatic imine (C=N–C) groups is 1. The number of nitrogens with zero attached hydrogens (tertiary/aromatic N) is 3. The van der Waals surface area contributed by atoms with Gasteiger partial charge < -0.3 is 10.2 Å². The third-order valence-corrected chi connectivity index (χ3v) is 5.41. The Bertz CT molecular complexity index is 751. The Morgan fingerprint density at radius 2 is 2.16 bits per heavy atom. The van der Waals surface area contributed by atoms with Crippen LogP contribution >= 0.6 is 11.3 Å². The van der Waals surface area contributed by atoms with Gasteiger partial charge in [0.1, 0.15) is 5.82 Å². The van der Waals surface area contributed by atoms with E-state index >= 15 is 0 Å². The van der Waals surface area contributed by atoms with E-state index < -0.39 is 0 Å². The lowest BCUT2D eigenvalue weighted by atomic mass is 9.95. The molecule has 1 fully saturated rings. The lowest BCUT2D eigenvalue weighted by Crippen LogP contribution is -2.39. The number of hydrogen-bond donors (Lipinski definition) is 1. The van der Waals surface area contributed by atoms with Crippen LogP contribution in [0.25, 0.3) is 0 Å². The molecule has 0 aliphatic heterocycles. The fourth-order valence-corrected chi connectivity index (χ4v) is 3.65. The van der Waals surface area contributed by atoms with Gasteiger partial charge >= 0.3 is 0 Å². The van der Waals surface area contributed by atoms with Gasteiger partial charge in [-0.15, -0.1) is 11.3 Å². The summed E-state index contributed by atoms with van der Waals surface area (Å²) in [6.07, 6.45) is 1.98. The molecule has 4 nitrogen and oxygen atoms in total. The Morgan fingerprint density at radius 1 is 1.40 bits per heavy atom. The SMILES string of the molecule is CCNC(=NCC1(c2ccccc2F)CC1)N(C)Cc1csc(C)n1. The second-order valence-corrected chi connectivity index (χ2v) is 7.71. The van der Waals surface area contributed by atoms with Crippen LogP contribution in [0.4, 0.5) is 4.39 Å². The number of aromatic nitrogens is 1. The first-order chi connectivity index (χ1) is 12.0. The molecule has 1 heterocycles. The number of nitrogens with one attached hydrogen (secondary N) is 1. The maximum Gasteiger partial charge on any atom is 0.194 e. The molecule has 0 bridgehead atoms. The van der Waals surface area contributed by atoms with E-state index in [0.29, 0.717) is 13.1 Å². The van der Waals surface area contributed by atoms with Crippen molar-refractivity contribution in [3.05, 3.63) is 51.7 Å². The van der Waals surface area contributed by atoms with Gasteiger partial charge in [0.2, 0.25) is 0 Å². The van der Waals surface area contributed by atoms with Gasteiger partial charge in [-0.05, 0) is 38.3 Å². The minimum Gasteiger partial charge on any atom is -0.357 e. The summed E-state index contributed by atoms with van der Waals surface area (Å²) in [7, 11) is 2.01. The zero-order chi connectivity index (χ0) is 17.9.